The molecule has 3 rings (SSSR count). The van der Waals surface area contributed by atoms with Crippen molar-refractivity contribution >= 4 is 5.69 Å². The van der Waals surface area contributed by atoms with E-state index in [2.05, 4.69) is 60.8 Å². The van der Waals surface area contributed by atoms with Crippen molar-refractivity contribution in [3.05, 3.63) is 65.2 Å². The summed E-state index contributed by atoms with van der Waals surface area (Å²) in [5.41, 5.74) is 5.66. The van der Waals surface area contributed by atoms with E-state index >= 15 is 0 Å². The Labute approximate surface area is 109 Å². The van der Waals surface area contributed by atoms with Crippen molar-refractivity contribution in [3.63, 3.8) is 0 Å². The Morgan fingerprint density at radius 3 is 2.72 bits per heavy atom. The molecule has 0 bridgehead atoms. The highest BCUT2D eigenvalue weighted by Crippen LogP contribution is 2.31. The van der Waals surface area contributed by atoms with Crippen LogP contribution in [-0.2, 0) is 12.8 Å². The molecule has 0 fully saturated rings. The second kappa shape index (κ2) is 4.85. The zero-order chi connectivity index (χ0) is 12.4. The zero-order valence-corrected chi connectivity index (χ0v) is 10.8. The van der Waals surface area contributed by atoms with E-state index in [4.69, 9.17) is 0 Å². The molecule has 0 saturated carbocycles. The first kappa shape index (κ1) is 11.3. The van der Waals surface area contributed by atoms with Crippen LogP contribution in [0.15, 0.2) is 48.5 Å². The molecule has 1 nitrogen and oxygen atoms in total. The number of anilines is 1. The Morgan fingerprint density at radius 1 is 1.11 bits per heavy atom. The predicted molar refractivity (Wildman–Crippen MR) is 77.2 cm³/mol. The van der Waals surface area contributed by atoms with Crippen molar-refractivity contribution in [1.29, 1.82) is 0 Å². The van der Waals surface area contributed by atoms with Gasteiger partial charge in [0, 0.05) is 18.2 Å². The Morgan fingerprint density at radius 2 is 1.94 bits per heavy atom. The first-order valence-corrected chi connectivity index (χ1v) is 6.77. The topological polar surface area (TPSA) is 12.0 Å². The Kier molecular flexibility index (Phi) is 3.06. The Bertz CT molecular complexity index is 531. The molecule has 18 heavy (non-hydrogen) atoms. The molecule has 1 unspecified atom stereocenters. The summed E-state index contributed by atoms with van der Waals surface area (Å²) < 4.78 is 0. The molecule has 1 N–H and O–H groups in total. The van der Waals surface area contributed by atoms with E-state index in [0.717, 1.165) is 19.4 Å². The zero-order valence-electron chi connectivity index (χ0n) is 10.8. The van der Waals surface area contributed by atoms with Crippen LogP contribution in [0.2, 0.25) is 0 Å². The lowest BCUT2D eigenvalue weighted by atomic mass is 9.87. The molecule has 1 atom stereocenters. The van der Waals surface area contributed by atoms with Gasteiger partial charge in [0.1, 0.15) is 0 Å². The molecule has 0 aromatic heterocycles. The van der Waals surface area contributed by atoms with E-state index in [1.165, 1.54) is 22.4 Å². The smallest absolute Gasteiger partial charge is 0.0373 e. The Hall–Kier alpha value is -1.76. The van der Waals surface area contributed by atoms with E-state index in [1.54, 1.807) is 0 Å². The molecule has 0 aliphatic carbocycles. The molecule has 2 aromatic carbocycles. The highest BCUT2D eigenvalue weighted by atomic mass is 14.9. The fraction of sp³-hybridized carbons (Fsp3) is 0.294. The summed E-state index contributed by atoms with van der Waals surface area (Å²) in [5, 5.41) is 3.56. The highest BCUT2D eigenvalue weighted by Gasteiger charge is 2.19. The average Bonchev–Trinajstić information content (AvgIpc) is 2.47. The minimum Gasteiger partial charge on any atom is -0.384 e. The van der Waals surface area contributed by atoms with Crippen LogP contribution in [0.3, 0.4) is 0 Å². The number of hydrogen-bond donors (Lipinski definition) is 1. The number of nitrogens with one attached hydrogen (secondary N) is 1. The molecule has 2 aromatic rings. The van der Waals surface area contributed by atoms with Gasteiger partial charge in [-0.05, 0) is 35.6 Å². The van der Waals surface area contributed by atoms with Crippen molar-refractivity contribution in [1.82, 2.24) is 0 Å². The lowest BCUT2D eigenvalue weighted by Crippen LogP contribution is -2.21. The SMILES string of the molecule is CCc1ccc2c(c1)CC(c1ccccc1)CN2. The minimum absolute atomic E-state index is 0.603. The number of hydrogen-bond acceptors (Lipinski definition) is 1. The molecule has 1 heterocycles. The van der Waals surface area contributed by atoms with Crippen LogP contribution >= 0.6 is 0 Å². The van der Waals surface area contributed by atoms with Crippen LogP contribution in [0.1, 0.15) is 29.5 Å². The Balaban J connectivity index is 1.88. The van der Waals surface area contributed by atoms with Gasteiger partial charge in [-0.25, -0.2) is 0 Å². The normalized spacial score (nSPS) is 17.9. The first-order valence-electron chi connectivity index (χ1n) is 6.77. The minimum atomic E-state index is 0.603. The van der Waals surface area contributed by atoms with Gasteiger partial charge in [0.2, 0.25) is 0 Å². The summed E-state index contributed by atoms with van der Waals surface area (Å²) >= 11 is 0. The lowest BCUT2D eigenvalue weighted by molar-refractivity contribution is 0.694. The monoisotopic (exact) mass is 237 g/mol. The third kappa shape index (κ3) is 2.13. The largest absolute Gasteiger partial charge is 0.384 e. The molecule has 92 valence electrons. The van der Waals surface area contributed by atoms with Crippen molar-refractivity contribution in [2.45, 2.75) is 25.7 Å². The third-order valence-electron chi connectivity index (χ3n) is 3.85. The summed E-state index contributed by atoms with van der Waals surface area (Å²) in [4.78, 5) is 0. The van der Waals surface area contributed by atoms with Crippen molar-refractivity contribution < 1.29 is 0 Å². The molecular formula is C17H19N. The molecule has 0 radical (unpaired) electrons. The average molecular weight is 237 g/mol. The van der Waals surface area contributed by atoms with E-state index in [9.17, 15) is 0 Å². The summed E-state index contributed by atoms with van der Waals surface area (Å²) in [6.07, 6.45) is 2.27. The fourth-order valence-electron chi connectivity index (χ4n) is 2.74. The molecular weight excluding hydrogens is 218 g/mol. The second-order valence-corrected chi connectivity index (χ2v) is 5.04. The van der Waals surface area contributed by atoms with Crippen LogP contribution in [0.5, 0.6) is 0 Å². The van der Waals surface area contributed by atoms with Crippen LogP contribution in [-0.4, -0.2) is 6.54 Å². The van der Waals surface area contributed by atoms with Gasteiger partial charge in [0.15, 0.2) is 0 Å². The van der Waals surface area contributed by atoms with Crippen molar-refractivity contribution in [2.75, 3.05) is 11.9 Å². The first-order chi connectivity index (χ1) is 8.86. The maximum Gasteiger partial charge on any atom is 0.0373 e. The summed E-state index contributed by atoms with van der Waals surface area (Å²) in [7, 11) is 0. The summed E-state index contributed by atoms with van der Waals surface area (Å²) in [6.45, 7) is 3.26. The molecule has 0 spiro atoms. The summed E-state index contributed by atoms with van der Waals surface area (Å²) in [5.74, 6) is 0.603. The van der Waals surface area contributed by atoms with Gasteiger partial charge in [-0.3, -0.25) is 0 Å². The quantitative estimate of drug-likeness (QED) is 0.832. The van der Waals surface area contributed by atoms with Crippen molar-refractivity contribution in [3.8, 4) is 0 Å². The van der Waals surface area contributed by atoms with E-state index < -0.39 is 0 Å². The van der Waals surface area contributed by atoms with Crippen LogP contribution in [0, 0.1) is 0 Å². The van der Waals surface area contributed by atoms with Gasteiger partial charge >= 0.3 is 0 Å². The molecule has 1 aliphatic rings. The van der Waals surface area contributed by atoms with Gasteiger partial charge in [-0.2, -0.15) is 0 Å². The maximum absolute atomic E-state index is 3.56. The molecule has 1 aliphatic heterocycles. The fourth-order valence-corrected chi connectivity index (χ4v) is 2.74. The molecule has 0 amide bonds. The van der Waals surface area contributed by atoms with E-state index in [0.29, 0.717) is 5.92 Å². The number of fused-ring (bicyclic) bond motifs is 1. The lowest BCUT2D eigenvalue weighted by Gasteiger charge is -2.27. The predicted octanol–water partition coefficient (Wildman–Crippen LogP) is 4.00. The second-order valence-electron chi connectivity index (χ2n) is 5.04. The molecule has 0 saturated heterocycles. The number of benzene rings is 2. The van der Waals surface area contributed by atoms with Gasteiger partial charge in [0.25, 0.3) is 0 Å². The number of aryl methyl sites for hydroxylation is 1. The van der Waals surface area contributed by atoms with Crippen LogP contribution in [0.4, 0.5) is 5.69 Å². The molecule has 1 heteroatoms. The van der Waals surface area contributed by atoms with Gasteiger partial charge in [-0.1, -0.05) is 49.4 Å². The van der Waals surface area contributed by atoms with Gasteiger partial charge in [-0.15, -0.1) is 0 Å². The maximum atomic E-state index is 3.56. The highest BCUT2D eigenvalue weighted by molar-refractivity contribution is 5.56. The van der Waals surface area contributed by atoms with Gasteiger partial charge in [0.05, 0.1) is 0 Å². The third-order valence-corrected chi connectivity index (χ3v) is 3.85. The summed E-state index contributed by atoms with van der Waals surface area (Å²) in [6, 6.07) is 17.6. The van der Waals surface area contributed by atoms with Crippen molar-refractivity contribution in [2.24, 2.45) is 0 Å². The standard InChI is InChI=1S/C17H19N/c1-2-13-8-9-17-15(10-13)11-16(12-18-17)14-6-4-3-5-7-14/h3-10,16,18H,2,11-12H2,1H3. The van der Waals surface area contributed by atoms with Gasteiger partial charge < -0.3 is 5.32 Å². The van der Waals surface area contributed by atoms with Crippen LogP contribution in [0.25, 0.3) is 0 Å². The van der Waals surface area contributed by atoms with Crippen LogP contribution < -0.4 is 5.32 Å². The van der Waals surface area contributed by atoms with E-state index in [1.807, 2.05) is 0 Å². The number of rotatable bonds is 2. The van der Waals surface area contributed by atoms with E-state index in [-0.39, 0.29) is 0 Å².